The Morgan fingerprint density at radius 3 is 2.96 bits per heavy atom. The number of carbonyl (C=O) groups is 1. The Bertz CT molecular complexity index is 651. The minimum absolute atomic E-state index is 0.000437. The van der Waals surface area contributed by atoms with Crippen molar-refractivity contribution in [2.24, 2.45) is 0 Å². The standard InChI is InChI=1S/C17H21N3O2S/c1-12-16(17(21)20-13-6-3-2-4-7-13)23-15(19-12)11-22-14-8-5-9-18-10-14/h5,8-10,13H,2-4,6-7,11H2,1H3,(H,20,21). The Balaban J connectivity index is 1.59. The molecule has 1 saturated carbocycles. The van der Waals surface area contributed by atoms with Crippen LogP contribution in [0.3, 0.4) is 0 Å². The van der Waals surface area contributed by atoms with Gasteiger partial charge in [-0.2, -0.15) is 0 Å². The molecule has 1 fully saturated rings. The van der Waals surface area contributed by atoms with Crippen LogP contribution >= 0.6 is 11.3 Å². The summed E-state index contributed by atoms with van der Waals surface area (Å²) in [6, 6.07) is 3.99. The second kappa shape index (κ2) is 7.55. The molecule has 0 spiro atoms. The van der Waals surface area contributed by atoms with Gasteiger partial charge in [-0.1, -0.05) is 19.3 Å². The summed E-state index contributed by atoms with van der Waals surface area (Å²) < 4.78 is 5.64. The Morgan fingerprint density at radius 2 is 2.22 bits per heavy atom. The summed E-state index contributed by atoms with van der Waals surface area (Å²) in [6.45, 7) is 2.23. The number of aromatic nitrogens is 2. The molecular weight excluding hydrogens is 310 g/mol. The second-order valence-corrected chi connectivity index (χ2v) is 6.89. The van der Waals surface area contributed by atoms with E-state index in [1.54, 1.807) is 12.4 Å². The second-order valence-electron chi connectivity index (χ2n) is 5.81. The molecule has 6 heteroatoms. The first-order valence-electron chi connectivity index (χ1n) is 8.02. The fourth-order valence-electron chi connectivity index (χ4n) is 2.80. The van der Waals surface area contributed by atoms with Gasteiger partial charge in [0.25, 0.3) is 5.91 Å². The quantitative estimate of drug-likeness (QED) is 0.911. The molecule has 122 valence electrons. The molecule has 2 aromatic heterocycles. The lowest BCUT2D eigenvalue weighted by molar-refractivity contribution is 0.0931. The van der Waals surface area contributed by atoms with Crippen molar-refractivity contribution >= 4 is 17.2 Å². The van der Waals surface area contributed by atoms with E-state index in [2.05, 4.69) is 15.3 Å². The number of thiazole rings is 1. The van der Waals surface area contributed by atoms with Crippen molar-refractivity contribution in [3.63, 3.8) is 0 Å². The molecule has 0 aromatic carbocycles. The van der Waals surface area contributed by atoms with Crippen molar-refractivity contribution in [2.75, 3.05) is 0 Å². The molecule has 5 nitrogen and oxygen atoms in total. The number of carbonyl (C=O) groups excluding carboxylic acids is 1. The van der Waals surface area contributed by atoms with Crippen molar-refractivity contribution in [2.45, 2.75) is 51.7 Å². The lowest BCUT2D eigenvalue weighted by atomic mass is 9.95. The fourth-order valence-corrected chi connectivity index (χ4v) is 3.68. The molecule has 1 amide bonds. The smallest absolute Gasteiger partial charge is 0.263 e. The number of amides is 1. The minimum Gasteiger partial charge on any atom is -0.485 e. The van der Waals surface area contributed by atoms with E-state index in [1.807, 2.05) is 19.1 Å². The number of ether oxygens (including phenoxy) is 1. The van der Waals surface area contributed by atoms with Crippen LogP contribution in [-0.2, 0) is 6.61 Å². The Morgan fingerprint density at radius 1 is 1.39 bits per heavy atom. The molecule has 0 unspecified atom stereocenters. The normalized spacial score (nSPS) is 15.3. The van der Waals surface area contributed by atoms with Crippen molar-refractivity contribution in [3.05, 3.63) is 40.1 Å². The van der Waals surface area contributed by atoms with Crippen LogP contribution in [0.25, 0.3) is 0 Å². The van der Waals surface area contributed by atoms with Gasteiger partial charge >= 0.3 is 0 Å². The molecule has 2 aromatic rings. The number of hydrogen-bond acceptors (Lipinski definition) is 5. The maximum absolute atomic E-state index is 12.4. The molecule has 0 radical (unpaired) electrons. The van der Waals surface area contributed by atoms with Crippen LogP contribution in [0.2, 0.25) is 0 Å². The number of pyridine rings is 1. The van der Waals surface area contributed by atoms with E-state index in [0.29, 0.717) is 23.3 Å². The summed E-state index contributed by atoms with van der Waals surface area (Å²) in [5, 5.41) is 3.95. The van der Waals surface area contributed by atoms with E-state index in [-0.39, 0.29) is 5.91 Å². The minimum atomic E-state index is -0.000437. The third-order valence-corrected chi connectivity index (χ3v) is 5.11. The highest BCUT2D eigenvalue weighted by molar-refractivity contribution is 7.13. The lowest BCUT2D eigenvalue weighted by Gasteiger charge is -2.22. The van der Waals surface area contributed by atoms with E-state index < -0.39 is 0 Å². The fraction of sp³-hybridized carbons (Fsp3) is 0.471. The van der Waals surface area contributed by atoms with E-state index in [9.17, 15) is 4.79 Å². The van der Waals surface area contributed by atoms with Crippen LogP contribution in [0.4, 0.5) is 0 Å². The van der Waals surface area contributed by atoms with Gasteiger partial charge in [-0.15, -0.1) is 11.3 Å². The average molecular weight is 331 g/mol. The van der Waals surface area contributed by atoms with Gasteiger partial charge < -0.3 is 10.1 Å². The van der Waals surface area contributed by atoms with Crippen molar-refractivity contribution < 1.29 is 9.53 Å². The van der Waals surface area contributed by atoms with Crippen LogP contribution in [0.15, 0.2) is 24.5 Å². The first kappa shape index (κ1) is 15.9. The molecule has 0 aliphatic heterocycles. The first-order valence-corrected chi connectivity index (χ1v) is 8.84. The molecular formula is C17H21N3O2S. The largest absolute Gasteiger partial charge is 0.485 e. The third kappa shape index (κ3) is 4.28. The van der Waals surface area contributed by atoms with Crippen LogP contribution in [-0.4, -0.2) is 21.9 Å². The van der Waals surface area contributed by atoms with Gasteiger partial charge in [-0.3, -0.25) is 9.78 Å². The predicted octanol–water partition coefficient (Wildman–Crippen LogP) is 3.49. The highest BCUT2D eigenvalue weighted by atomic mass is 32.1. The Labute approximate surface area is 140 Å². The molecule has 1 aliphatic carbocycles. The summed E-state index contributed by atoms with van der Waals surface area (Å²) in [6.07, 6.45) is 9.22. The highest BCUT2D eigenvalue weighted by Gasteiger charge is 2.20. The number of aryl methyl sites for hydroxylation is 1. The third-order valence-electron chi connectivity index (χ3n) is 3.98. The summed E-state index contributed by atoms with van der Waals surface area (Å²) in [4.78, 5) is 21.6. The van der Waals surface area contributed by atoms with Crippen molar-refractivity contribution in [1.29, 1.82) is 0 Å². The number of rotatable bonds is 5. The molecule has 2 heterocycles. The molecule has 3 rings (SSSR count). The molecule has 1 N–H and O–H groups in total. The molecule has 0 saturated heterocycles. The lowest BCUT2D eigenvalue weighted by Crippen LogP contribution is -2.36. The van der Waals surface area contributed by atoms with Crippen LogP contribution in [0.1, 0.15) is 52.5 Å². The summed E-state index contributed by atoms with van der Waals surface area (Å²) in [5.74, 6) is 0.702. The maximum Gasteiger partial charge on any atom is 0.263 e. The zero-order valence-electron chi connectivity index (χ0n) is 13.2. The average Bonchev–Trinajstić information content (AvgIpc) is 2.96. The predicted molar refractivity (Wildman–Crippen MR) is 89.8 cm³/mol. The van der Waals surface area contributed by atoms with Gasteiger partial charge in [0.2, 0.25) is 0 Å². The van der Waals surface area contributed by atoms with E-state index in [4.69, 9.17) is 4.74 Å². The zero-order chi connectivity index (χ0) is 16.1. The summed E-state index contributed by atoms with van der Waals surface area (Å²) >= 11 is 1.41. The first-order chi connectivity index (χ1) is 11.2. The Kier molecular flexibility index (Phi) is 5.23. The van der Waals surface area contributed by atoms with Gasteiger partial charge in [0.05, 0.1) is 11.9 Å². The van der Waals surface area contributed by atoms with E-state index >= 15 is 0 Å². The van der Waals surface area contributed by atoms with Crippen LogP contribution in [0.5, 0.6) is 5.75 Å². The van der Waals surface area contributed by atoms with Crippen molar-refractivity contribution in [1.82, 2.24) is 15.3 Å². The van der Waals surface area contributed by atoms with Crippen LogP contribution < -0.4 is 10.1 Å². The zero-order valence-corrected chi connectivity index (χ0v) is 14.1. The maximum atomic E-state index is 12.4. The molecule has 23 heavy (non-hydrogen) atoms. The number of nitrogens with one attached hydrogen (secondary N) is 1. The Hall–Kier alpha value is -1.95. The van der Waals surface area contributed by atoms with E-state index in [1.165, 1.54) is 30.6 Å². The number of hydrogen-bond donors (Lipinski definition) is 1. The highest BCUT2D eigenvalue weighted by Crippen LogP contribution is 2.22. The summed E-state index contributed by atoms with van der Waals surface area (Å²) in [5.41, 5.74) is 0.771. The summed E-state index contributed by atoms with van der Waals surface area (Å²) in [7, 11) is 0. The SMILES string of the molecule is Cc1nc(COc2cccnc2)sc1C(=O)NC1CCCCC1. The van der Waals surface area contributed by atoms with Crippen LogP contribution in [0, 0.1) is 6.92 Å². The molecule has 1 aliphatic rings. The van der Waals surface area contributed by atoms with Gasteiger partial charge in [-0.05, 0) is 31.9 Å². The monoisotopic (exact) mass is 331 g/mol. The van der Waals surface area contributed by atoms with E-state index in [0.717, 1.165) is 23.5 Å². The number of nitrogens with zero attached hydrogens (tertiary/aromatic N) is 2. The van der Waals surface area contributed by atoms with Gasteiger partial charge in [0.1, 0.15) is 22.2 Å². The molecule has 0 atom stereocenters. The van der Waals surface area contributed by atoms with Gasteiger partial charge in [0.15, 0.2) is 0 Å². The molecule has 0 bridgehead atoms. The topological polar surface area (TPSA) is 64.1 Å². The van der Waals surface area contributed by atoms with Gasteiger partial charge in [-0.25, -0.2) is 4.98 Å². The van der Waals surface area contributed by atoms with Gasteiger partial charge in [0, 0.05) is 12.2 Å². The van der Waals surface area contributed by atoms with Crippen molar-refractivity contribution in [3.8, 4) is 5.75 Å².